The summed E-state index contributed by atoms with van der Waals surface area (Å²) in [5.74, 6) is 1.44. The SMILES string of the molecule is CC1CCC(CO)(Nc2nn(C)cc2N)CC1. The van der Waals surface area contributed by atoms with Gasteiger partial charge in [-0.25, -0.2) is 0 Å². The predicted molar refractivity (Wildman–Crippen MR) is 68.7 cm³/mol. The van der Waals surface area contributed by atoms with E-state index in [0.717, 1.165) is 31.6 Å². The number of aromatic nitrogens is 2. The van der Waals surface area contributed by atoms with Gasteiger partial charge in [0.25, 0.3) is 0 Å². The molecule has 1 saturated carbocycles. The fourth-order valence-corrected chi connectivity index (χ4v) is 2.49. The first kappa shape index (κ1) is 12.2. The number of nitrogens with two attached hydrogens (primary N) is 1. The lowest BCUT2D eigenvalue weighted by Crippen LogP contribution is -2.45. The van der Waals surface area contributed by atoms with Crippen molar-refractivity contribution >= 4 is 11.5 Å². The topological polar surface area (TPSA) is 76.1 Å². The normalized spacial score (nSPS) is 29.2. The minimum Gasteiger partial charge on any atom is -0.394 e. The second-order valence-electron chi connectivity index (χ2n) is 5.35. The minimum absolute atomic E-state index is 0.135. The zero-order chi connectivity index (χ0) is 12.5. The maximum atomic E-state index is 9.65. The number of rotatable bonds is 3. The monoisotopic (exact) mass is 238 g/mol. The summed E-state index contributed by atoms with van der Waals surface area (Å²) in [7, 11) is 1.84. The number of hydrogen-bond donors (Lipinski definition) is 3. The highest BCUT2D eigenvalue weighted by Crippen LogP contribution is 2.35. The van der Waals surface area contributed by atoms with Crippen LogP contribution in [0.25, 0.3) is 0 Å². The summed E-state index contributed by atoms with van der Waals surface area (Å²) in [6.45, 7) is 2.39. The van der Waals surface area contributed by atoms with Crippen molar-refractivity contribution in [1.29, 1.82) is 0 Å². The molecule has 1 aliphatic rings. The van der Waals surface area contributed by atoms with Crippen molar-refractivity contribution in [1.82, 2.24) is 9.78 Å². The molecule has 0 atom stereocenters. The van der Waals surface area contributed by atoms with E-state index in [1.807, 2.05) is 7.05 Å². The number of hydrogen-bond acceptors (Lipinski definition) is 4. The summed E-state index contributed by atoms with van der Waals surface area (Å²) < 4.78 is 1.69. The Bertz CT molecular complexity index is 380. The van der Waals surface area contributed by atoms with E-state index in [1.54, 1.807) is 10.9 Å². The molecule has 1 fully saturated rings. The fraction of sp³-hybridized carbons (Fsp3) is 0.750. The van der Waals surface area contributed by atoms with Gasteiger partial charge in [-0.1, -0.05) is 6.92 Å². The van der Waals surface area contributed by atoms with E-state index in [1.165, 1.54) is 0 Å². The summed E-state index contributed by atoms with van der Waals surface area (Å²) in [6, 6.07) is 0. The Morgan fingerprint density at radius 3 is 2.71 bits per heavy atom. The molecule has 0 aliphatic heterocycles. The number of nitrogen functional groups attached to an aromatic ring is 1. The quantitative estimate of drug-likeness (QED) is 0.743. The lowest BCUT2D eigenvalue weighted by molar-refractivity contribution is 0.155. The number of aryl methyl sites for hydroxylation is 1. The van der Waals surface area contributed by atoms with Crippen LogP contribution in [0.1, 0.15) is 32.6 Å². The lowest BCUT2D eigenvalue weighted by Gasteiger charge is -2.38. The number of aliphatic hydroxyl groups is 1. The maximum Gasteiger partial charge on any atom is 0.171 e. The van der Waals surface area contributed by atoms with Gasteiger partial charge in [-0.15, -0.1) is 0 Å². The average Bonchev–Trinajstić information content (AvgIpc) is 2.61. The van der Waals surface area contributed by atoms with Gasteiger partial charge in [0.2, 0.25) is 0 Å². The van der Waals surface area contributed by atoms with E-state index in [4.69, 9.17) is 5.73 Å². The molecule has 5 heteroatoms. The fourth-order valence-electron chi connectivity index (χ4n) is 2.49. The molecule has 17 heavy (non-hydrogen) atoms. The second kappa shape index (κ2) is 4.56. The Morgan fingerprint density at radius 1 is 1.59 bits per heavy atom. The van der Waals surface area contributed by atoms with Gasteiger partial charge in [0.05, 0.1) is 17.8 Å². The smallest absolute Gasteiger partial charge is 0.171 e. The third-order valence-electron chi connectivity index (χ3n) is 3.77. The highest BCUT2D eigenvalue weighted by molar-refractivity contribution is 5.61. The third-order valence-corrected chi connectivity index (χ3v) is 3.77. The van der Waals surface area contributed by atoms with Gasteiger partial charge in [0.15, 0.2) is 5.82 Å². The lowest BCUT2D eigenvalue weighted by atomic mass is 9.77. The molecule has 5 nitrogen and oxygen atoms in total. The van der Waals surface area contributed by atoms with E-state index in [2.05, 4.69) is 17.3 Å². The van der Waals surface area contributed by atoms with Crippen molar-refractivity contribution in [2.75, 3.05) is 17.7 Å². The summed E-state index contributed by atoms with van der Waals surface area (Å²) in [5.41, 5.74) is 6.27. The van der Waals surface area contributed by atoms with Crippen molar-refractivity contribution in [3.8, 4) is 0 Å². The predicted octanol–water partition coefficient (Wildman–Crippen LogP) is 1.36. The summed E-state index contributed by atoms with van der Waals surface area (Å²) in [5, 5.41) is 17.3. The van der Waals surface area contributed by atoms with Crippen molar-refractivity contribution in [2.24, 2.45) is 13.0 Å². The number of nitrogens with one attached hydrogen (secondary N) is 1. The number of anilines is 2. The molecular weight excluding hydrogens is 216 g/mol. The molecule has 0 bridgehead atoms. The minimum atomic E-state index is -0.241. The molecule has 0 radical (unpaired) electrons. The summed E-state index contributed by atoms with van der Waals surface area (Å²) in [4.78, 5) is 0. The zero-order valence-corrected chi connectivity index (χ0v) is 10.6. The second-order valence-corrected chi connectivity index (χ2v) is 5.35. The molecule has 4 N–H and O–H groups in total. The van der Waals surface area contributed by atoms with Gasteiger partial charge >= 0.3 is 0 Å². The Morgan fingerprint density at radius 2 is 2.24 bits per heavy atom. The standard InChI is InChI=1S/C12H22N4O/c1-9-3-5-12(8-17,6-4-9)14-11-10(13)7-16(2)15-11/h7,9,17H,3-6,8,13H2,1-2H3,(H,14,15). The highest BCUT2D eigenvalue weighted by Gasteiger charge is 2.34. The van der Waals surface area contributed by atoms with Crippen LogP contribution in [0.3, 0.4) is 0 Å². The molecule has 1 aromatic rings. The Hall–Kier alpha value is -1.23. The van der Waals surface area contributed by atoms with E-state index < -0.39 is 0 Å². The molecule has 0 spiro atoms. The van der Waals surface area contributed by atoms with Crippen molar-refractivity contribution in [3.63, 3.8) is 0 Å². The molecule has 1 aromatic heterocycles. The van der Waals surface area contributed by atoms with E-state index in [9.17, 15) is 5.11 Å². The van der Waals surface area contributed by atoms with E-state index >= 15 is 0 Å². The molecule has 96 valence electrons. The van der Waals surface area contributed by atoms with Gasteiger partial charge < -0.3 is 16.2 Å². The van der Waals surface area contributed by atoms with Crippen LogP contribution in [0, 0.1) is 5.92 Å². The van der Waals surface area contributed by atoms with Gasteiger partial charge in [-0.2, -0.15) is 5.10 Å². The van der Waals surface area contributed by atoms with E-state index in [0.29, 0.717) is 11.5 Å². The highest BCUT2D eigenvalue weighted by atomic mass is 16.3. The maximum absolute atomic E-state index is 9.65. The first-order valence-electron chi connectivity index (χ1n) is 6.23. The van der Waals surface area contributed by atoms with Gasteiger partial charge in [0.1, 0.15) is 0 Å². The van der Waals surface area contributed by atoms with Crippen LogP contribution in [0.4, 0.5) is 11.5 Å². The number of aliphatic hydroxyl groups excluding tert-OH is 1. The van der Waals surface area contributed by atoms with Gasteiger partial charge in [-0.05, 0) is 31.6 Å². The largest absolute Gasteiger partial charge is 0.394 e. The Balaban J connectivity index is 2.12. The van der Waals surface area contributed by atoms with Crippen molar-refractivity contribution < 1.29 is 5.11 Å². The van der Waals surface area contributed by atoms with Crippen molar-refractivity contribution in [2.45, 2.75) is 38.1 Å². The van der Waals surface area contributed by atoms with Crippen LogP contribution in [0.2, 0.25) is 0 Å². The molecule has 0 saturated heterocycles. The Labute approximate surface area is 102 Å². The van der Waals surface area contributed by atoms with Gasteiger partial charge in [-0.3, -0.25) is 4.68 Å². The van der Waals surface area contributed by atoms with Crippen LogP contribution in [0.15, 0.2) is 6.20 Å². The van der Waals surface area contributed by atoms with Crippen LogP contribution < -0.4 is 11.1 Å². The summed E-state index contributed by atoms with van der Waals surface area (Å²) in [6.07, 6.45) is 6.00. The molecular formula is C12H22N4O. The first-order valence-corrected chi connectivity index (χ1v) is 6.23. The van der Waals surface area contributed by atoms with E-state index in [-0.39, 0.29) is 12.1 Å². The zero-order valence-electron chi connectivity index (χ0n) is 10.6. The first-order chi connectivity index (χ1) is 8.04. The van der Waals surface area contributed by atoms with Crippen LogP contribution in [-0.4, -0.2) is 27.0 Å². The van der Waals surface area contributed by atoms with Crippen LogP contribution in [0.5, 0.6) is 0 Å². The van der Waals surface area contributed by atoms with Crippen LogP contribution >= 0.6 is 0 Å². The van der Waals surface area contributed by atoms with Gasteiger partial charge in [0, 0.05) is 13.2 Å². The average molecular weight is 238 g/mol. The summed E-state index contributed by atoms with van der Waals surface area (Å²) >= 11 is 0. The van der Waals surface area contributed by atoms with Crippen molar-refractivity contribution in [3.05, 3.63) is 6.20 Å². The molecule has 0 unspecified atom stereocenters. The third kappa shape index (κ3) is 2.54. The molecule has 2 rings (SSSR count). The number of nitrogens with zero attached hydrogens (tertiary/aromatic N) is 2. The molecule has 0 amide bonds. The molecule has 0 aromatic carbocycles. The Kier molecular flexibility index (Phi) is 3.28. The van der Waals surface area contributed by atoms with Crippen LogP contribution in [-0.2, 0) is 7.05 Å². The molecule has 1 heterocycles. The molecule has 1 aliphatic carbocycles.